The standard InChI is InChI=1S/C14H25N3O/c15-13-6-5-12(11-13)14(18)16-7-4-10-17-8-2-1-3-9-17/h5-6,12-13H,1-4,7-11,15H2,(H,16,18). The van der Waals surface area contributed by atoms with E-state index in [9.17, 15) is 4.79 Å². The van der Waals surface area contributed by atoms with Gasteiger partial charge in [0.15, 0.2) is 0 Å². The van der Waals surface area contributed by atoms with E-state index < -0.39 is 0 Å². The first kappa shape index (κ1) is 13.6. The third-order valence-electron chi connectivity index (χ3n) is 3.85. The van der Waals surface area contributed by atoms with Crippen molar-refractivity contribution in [2.75, 3.05) is 26.2 Å². The first-order valence-electron chi connectivity index (χ1n) is 7.19. The molecule has 4 heteroatoms. The number of carbonyl (C=O) groups excluding carboxylic acids is 1. The molecule has 0 aromatic rings. The van der Waals surface area contributed by atoms with Crippen molar-refractivity contribution in [1.29, 1.82) is 0 Å². The second kappa shape index (κ2) is 6.90. The molecule has 1 saturated heterocycles. The second-order valence-electron chi connectivity index (χ2n) is 5.44. The molecule has 1 amide bonds. The molecule has 2 unspecified atom stereocenters. The fourth-order valence-electron chi connectivity index (χ4n) is 2.75. The Morgan fingerprint density at radius 3 is 2.72 bits per heavy atom. The molecule has 0 radical (unpaired) electrons. The maximum atomic E-state index is 11.8. The quantitative estimate of drug-likeness (QED) is 0.563. The van der Waals surface area contributed by atoms with Gasteiger partial charge in [0.1, 0.15) is 0 Å². The topological polar surface area (TPSA) is 58.4 Å². The van der Waals surface area contributed by atoms with Crippen LogP contribution < -0.4 is 11.1 Å². The average Bonchev–Trinajstić information content (AvgIpc) is 2.82. The molecule has 4 nitrogen and oxygen atoms in total. The zero-order valence-corrected chi connectivity index (χ0v) is 11.1. The van der Waals surface area contributed by atoms with Gasteiger partial charge in [0.2, 0.25) is 5.91 Å². The van der Waals surface area contributed by atoms with Gasteiger partial charge in [0.05, 0.1) is 5.92 Å². The van der Waals surface area contributed by atoms with Gasteiger partial charge in [-0.15, -0.1) is 0 Å². The number of hydrogen-bond donors (Lipinski definition) is 2. The number of rotatable bonds is 5. The van der Waals surface area contributed by atoms with Crippen LogP contribution in [0.5, 0.6) is 0 Å². The molecule has 0 aromatic carbocycles. The van der Waals surface area contributed by atoms with E-state index in [1.807, 2.05) is 12.2 Å². The summed E-state index contributed by atoms with van der Waals surface area (Å²) in [5.74, 6) is 0.132. The summed E-state index contributed by atoms with van der Waals surface area (Å²) in [4.78, 5) is 14.3. The zero-order valence-electron chi connectivity index (χ0n) is 11.1. The Balaban J connectivity index is 1.55. The Hall–Kier alpha value is -0.870. The molecule has 1 aliphatic heterocycles. The van der Waals surface area contributed by atoms with Crippen molar-refractivity contribution in [2.24, 2.45) is 11.7 Å². The normalized spacial score (nSPS) is 28.5. The summed E-state index contributed by atoms with van der Waals surface area (Å²) in [5, 5.41) is 3.01. The van der Waals surface area contributed by atoms with Gasteiger partial charge < -0.3 is 16.0 Å². The van der Waals surface area contributed by atoms with E-state index in [4.69, 9.17) is 5.73 Å². The third-order valence-corrected chi connectivity index (χ3v) is 3.85. The number of piperidine rings is 1. The van der Waals surface area contributed by atoms with E-state index in [1.54, 1.807) is 0 Å². The Morgan fingerprint density at radius 1 is 1.28 bits per heavy atom. The molecule has 3 N–H and O–H groups in total. The molecule has 18 heavy (non-hydrogen) atoms. The molecule has 0 spiro atoms. The largest absolute Gasteiger partial charge is 0.356 e. The van der Waals surface area contributed by atoms with E-state index >= 15 is 0 Å². The highest BCUT2D eigenvalue weighted by Crippen LogP contribution is 2.16. The highest BCUT2D eigenvalue weighted by atomic mass is 16.1. The van der Waals surface area contributed by atoms with Gasteiger partial charge in [-0.25, -0.2) is 0 Å². The summed E-state index contributed by atoms with van der Waals surface area (Å²) in [6, 6.07) is 0.0640. The second-order valence-corrected chi connectivity index (χ2v) is 5.44. The highest BCUT2D eigenvalue weighted by molar-refractivity contribution is 5.81. The molecule has 102 valence electrons. The predicted octanol–water partition coefficient (Wildman–Crippen LogP) is 0.882. The molecule has 2 aliphatic rings. The van der Waals surface area contributed by atoms with Crippen molar-refractivity contribution < 1.29 is 4.79 Å². The Bertz CT molecular complexity index is 297. The van der Waals surface area contributed by atoms with E-state index in [1.165, 1.54) is 32.4 Å². The minimum atomic E-state index is -0.00464. The molecular weight excluding hydrogens is 226 g/mol. The molecule has 1 aliphatic carbocycles. The van der Waals surface area contributed by atoms with Gasteiger partial charge in [0.25, 0.3) is 0 Å². The summed E-state index contributed by atoms with van der Waals surface area (Å²) in [6.45, 7) is 4.36. The molecular formula is C14H25N3O. The first-order valence-corrected chi connectivity index (χ1v) is 7.19. The first-order chi connectivity index (χ1) is 8.75. The van der Waals surface area contributed by atoms with Crippen LogP contribution in [0.3, 0.4) is 0 Å². The van der Waals surface area contributed by atoms with Crippen molar-refractivity contribution in [3.63, 3.8) is 0 Å². The van der Waals surface area contributed by atoms with Gasteiger partial charge in [-0.3, -0.25) is 4.79 Å². The van der Waals surface area contributed by atoms with Crippen LogP contribution in [-0.4, -0.2) is 43.0 Å². The van der Waals surface area contributed by atoms with E-state index in [-0.39, 0.29) is 17.9 Å². The molecule has 2 atom stereocenters. The number of nitrogens with zero attached hydrogens (tertiary/aromatic N) is 1. The number of nitrogens with one attached hydrogen (secondary N) is 1. The van der Waals surface area contributed by atoms with Crippen LogP contribution in [0.15, 0.2) is 12.2 Å². The number of nitrogens with two attached hydrogens (primary N) is 1. The number of amides is 1. The van der Waals surface area contributed by atoms with Crippen LogP contribution in [0, 0.1) is 5.92 Å². The lowest BCUT2D eigenvalue weighted by atomic mass is 10.1. The van der Waals surface area contributed by atoms with Crippen molar-refractivity contribution >= 4 is 5.91 Å². The summed E-state index contributed by atoms with van der Waals surface area (Å²) < 4.78 is 0. The number of carbonyl (C=O) groups is 1. The van der Waals surface area contributed by atoms with Gasteiger partial charge in [-0.2, -0.15) is 0 Å². The highest BCUT2D eigenvalue weighted by Gasteiger charge is 2.22. The van der Waals surface area contributed by atoms with Gasteiger partial charge in [-0.05, 0) is 45.3 Å². The summed E-state index contributed by atoms with van der Waals surface area (Å²) in [7, 11) is 0. The zero-order chi connectivity index (χ0) is 12.8. The molecule has 0 saturated carbocycles. The summed E-state index contributed by atoms with van der Waals surface area (Å²) in [5.41, 5.74) is 5.74. The molecule has 0 aromatic heterocycles. The van der Waals surface area contributed by atoms with E-state index in [0.717, 1.165) is 25.9 Å². The summed E-state index contributed by atoms with van der Waals surface area (Å²) in [6.07, 6.45) is 9.71. The third kappa shape index (κ3) is 4.10. The Morgan fingerprint density at radius 2 is 2.06 bits per heavy atom. The molecule has 1 fully saturated rings. The average molecular weight is 251 g/mol. The SMILES string of the molecule is NC1C=CC(C(=O)NCCCN2CCCCC2)C1. The van der Waals surface area contributed by atoms with Crippen molar-refractivity contribution in [2.45, 2.75) is 38.1 Å². The van der Waals surface area contributed by atoms with Crippen LogP contribution in [0.4, 0.5) is 0 Å². The van der Waals surface area contributed by atoms with Crippen LogP contribution in [0.1, 0.15) is 32.1 Å². The van der Waals surface area contributed by atoms with Crippen LogP contribution in [-0.2, 0) is 4.79 Å². The van der Waals surface area contributed by atoms with Crippen molar-refractivity contribution in [1.82, 2.24) is 10.2 Å². The number of hydrogen-bond acceptors (Lipinski definition) is 3. The monoisotopic (exact) mass is 251 g/mol. The Labute approximate surface area is 110 Å². The van der Waals surface area contributed by atoms with Crippen molar-refractivity contribution in [3.8, 4) is 0 Å². The minimum Gasteiger partial charge on any atom is -0.356 e. The van der Waals surface area contributed by atoms with E-state index in [0.29, 0.717) is 0 Å². The van der Waals surface area contributed by atoms with Gasteiger partial charge in [-0.1, -0.05) is 18.6 Å². The van der Waals surface area contributed by atoms with Gasteiger partial charge >= 0.3 is 0 Å². The fourth-order valence-corrected chi connectivity index (χ4v) is 2.75. The predicted molar refractivity (Wildman–Crippen MR) is 73.1 cm³/mol. The number of likely N-dealkylation sites (tertiary alicyclic amines) is 1. The molecule has 2 rings (SSSR count). The smallest absolute Gasteiger partial charge is 0.226 e. The maximum Gasteiger partial charge on any atom is 0.226 e. The minimum absolute atomic E-state index is 0.00464. The van der Waals surface area contributed by atoms with Crippen molar-refractivity contribution in [3.05, 3.63) is 12.2 Å². The summed E-state index contributed by atoms with van der Waals surface area (Å²) >= 11 is 0. The fraction of sp³-hybridized carbons (Fsp3) is 0.786. The lowest BCUT2D eigenvalue weighted by molar-refractivity contribution is -0.123. The maximum absolute atomic E-state index is 11.8. The van der Waals surface area contributed by atoms with Gasteiger partial charge in [0, 0.05) is 12.6 Å². The van der Waals surface area contributed by atoms with Crippen LogP contribution >= 0.6 is 0 Å². The van der Waals surface area contributed by atoms with Crippen LogP contribution in [0.2, 0.25) is 0 Å². The molecule has 1 heterocycles. The lowest BCUT2D eigenvalue weighted by Gasteiger charge is -2.26. The Kier molecular flexibility index (Phi) is 5.20. The van der Waals surface area contributed by atoms with Crippen LogP contribution in [0.25, 0.3) is 0 Å². The molecule has 0 bridgehead atoms. The van der Waals surface area contributed by atoms with E-state index in [2.05, 4.69) is 10.2 Å². The lowest BCUT2D eigenvalue weighted by Crippen LogP contribution is -2.35.